The summed E-state index contributed by atoms with van der Waals surface area (Å²) in [6, 6.07) is 3.87. The molecule has 3 nitrogen and oxygen atoms in total. The molecule has 1 aromatic rings. The maximum Gasteiger partial charge on any atom is 0.189 e. The summed E-state index contributed by atoms with van der Waals surface area (Å²) in [5.41, 5.74) is 2.11. The van der Waals surface area contributed by atoms with E-state index in [9.17, 15) is 5.11 Å². The van der Waals surface area contributed by atoms with E-state index in [1.54, 1.807) is 6.92 Å². The van der Waals surface area contributed by atoms with Crippen LogP contribution in [0.5, 0.6) is 5.75 Å². The topological polar surface area (TPSA) is 38.7 Å². The van der Waals surface area contributed by atoms with Crippen LogP contribution >= 0.6 is 15.9 Å². The highest BCUT2D eigenvalue weighted by Gasteiger charge is 2.18. The number of rotatable bonds is 2. The Balaban J connectivity index is 2.41. The van der Waals surface area contributed by atoms with Crippen LogP contribution in [0.1, 0.15) is 18.1 Å². The van der Waals surface area contributed by atoms with Gasteiger partial charge in [-0.2, -0.15) is 0 Å². The van der Waals surface area contributed by atoms with Crippen LogP contribution in [0.2, 0.25) is 0 Å². The number of hydrogen-bond donors (Lipinski definition) is 1. The van der Waals surface area contributed by atoms with Crippen molar-refractivity contribution in [3.63, 3.8) is 0 Å². The van der Waals surface area contributed by atoms with Gasteiger partial charge in [0, 0.05) is 10.0 Å². The molecule has 82 valence electrons. The van der Waals surface area contributed by atoms with Crippen LogP contribution in [-0.4, -0.2) is 18.0 Å². The van der Waals surface area contributed by atoms with Crippen LogP contribution in [0.3, 0.4) is 0 Å². The van der Waals surface area contributed by atoms with E-state index in [4.69, 9.17) is 9.47 Å². The molecule has 0 aromatic heterocycles. The molecule has 15 heavy (non-hydrogen) atoms. The molecule has 1 atom stereocenters. The van der Waals surface area contributed by atoms with Gasteiger partial charge in [-0.25, -0.2) is 0 Å². The van der Waals surface area contributed by atoms with E-state index in [0.717, 1.165) is 21.3 Å². The van der Waals surface area contributed by atoms with Gasteiger partial charge in [0.25, 0.3) is 0 Å². The molecule has 1 unspecified atom stereocenters. The highest BCUT2D eigenvalue weighted by atomic mass is 79.9. The number of fused-ring (bicyclic) bond motifs is 1. The predicted molar refractivity (Wildman–Crippen MR) is 59.8 cm³/mol. The van der Waals surface area contributed by atoms with Crippen LogP contribution in [0.15, 0.2) is 16.6 Å². The molecule has 0 bridgehead atoms. The van der Waals surface area contributed by atoms with Crippen molar-refractivity contribution in [3.05, 3.63) is 27.7 Å². The summed E-state index contributed by atoms with van der Waals surface area (Å²) < 4.78 is 11.6. The first-order chi connectivity index (χ1) is 7.18. The zero-order chi connectivity index (χ0) is 10.8. The number of ether oxygens (including phenoxy) is 2. The van der Waals surface area contributed by atoms with Crippen LogP contribution in [0.4, 0.5) is 0 Å². The largest absolute Gasteiger partial charge is 0.467 e. The van der Waals surface area contributed by atoms with Crippen LogP contribution in [-0.2, 0) is 17.8 Å². The highest BCUT2D eigenvalue weighted by Crippen LogP contribution is 2.32. The van der Waals surface area contributed by atoms with Gasteiger partial charge in [-0.15, -0.1) is 0 Å². The van der Waals surface area contributed by atoms with Gasteiger partial charge < -0.3 is 14.6 Å². The average Bonchev–Trinajstić information content (AvgIpc) is 2.22. The van der Waals surface area contributed by atoms with Gasteiger partial charge in [-0.1, -0.05) is 15.9 Å². The number of aliphatic hydroxyl groups excluding tert-OH is 1. The standard InChI is InChI=1S/C11H13BrO3/c1-7(13)4-8-9-5-14-6-15-11(9)3-2-10(8)12/h2-3,7,13H,4-6H2,1H3. The van der Waals surface area contributed by atoms with Crippen molar-refractivity contribution < 1.29 is 14.6 Å². The van der Waals surface area contributed by atoms with E-state index >= 15 is 0 Å². The molecule has 2 rings (SSSR count). The summed E-state index contributed by atoms with van der Waals surface area (Å²) in [5.74, 6) is 0.861. The van der Waals surface area contributed by atoms with Crippen molar-refractivity contribution in [2.24, 2.45) is 0 Å². The molecule has 1 aliphatic heterocycles. The first kappa shape index (κ1) is 10.9. The third-order valence-electron chi connectivity index (χ3n) is 2.37. The van der Waals surface area contributed by atoms with Gasteiger partial charge in [0.1, 0.15) is 5.75 Å². The SMILES string of the molecule is CC(O)Cc1c(Br)ccc2c1COCO2. The number of halogens is 1. The van der Waals surface area contributed by atoms with Crippen LogP contribution in [0.25, 0.3) is 0 Å². The summed E-state index contributed by atoms with van der Waals surface area (Å²) in [6.07, 6.45) is 0.242. The maximum absolute atomic E-state index is 9.43. The molecule has 1 aliphatic rings. The lowest BCUT2D eigenvalue weighted by molar-refractivity contribution is -0.0170. The normalized spacial score (nSPS) is 16.7. The lowest BCUT2D eigenvalue weighted by Crippen LogP contribution is -2.15. The molecular weight excluding hydrogens is 260 g/mol. The first-order valence-electron chi connectivity index (χ1n) is 4.87. The Hall–Kier alpha value is -0.580. The lowest BCUT2D eigenvalue weighted by Gasteiger charge is -2.22. The Kier molecular flexibility index (Phi) is 3.29. The second-order valence-electron chi connectivity index (χ2n) is 3.67. The molecule has 1 N–H and O–H groups in total. The summed E-state index contributed by atoms with van der Waals surface area (Å²) >= 11 is 3.48. The molecule has 0 fully saturated rings. The molecule has 0 radical (unpaired) electrons. The lowest BCUT2D eigenvalue weighted by atomic mass is 10.0. The van der Waals surface area contributed by atoms with E-state index in [2.05, 4.69) is 15.9 Å². The van der Waals surface area contributed by atoms with Crippen LogP contribution < -0.4 is 4.74 Å². The Morgan fingerprint density at radius 3 is 3.07 bits per heavy atom. The van der Waals surface area contributed by atoms with Gasteiger partial charge in [0.15, 0.2) is 6.79 Å². The minimum absolute atomic E-state index is 0.308. The summed E-state index contributed by atoms with van der Waals surface area (Å²) in [6.45, 7) is 2.63. The highest BCUT2D eigenvalue weighted by molar-refractivity contribution is 9.10. The Labute approximate surface area is 97.1 Å². The minimum Gasteiger partial charge on any atom is -0.467 e. The number of aliphatic hydroxyl groups is 1. The molecule has 0 saturated carbocycles. The van der Waals surface area contributed by atoms with E-state index in [1.165, 1.54) is 0 Å². The van der Waals surface area contributed by atoms with Gasteiger partial charge in [0.05, 0.1) is 12.7 Å². The van der Waals surface area contributed by atoms with Gasteiger partial charge in [-0.05, 0) is 31.0 Å². The fourth-order valence-electron chi connectivity index (χ4n) is 1.70. The molecular formula is C11H13BrO3. The maximum atomic E-state index is 9.43. The average molecular weight is 273 g/mol. The summed E-state index contributed by atoms with van der Waals surface area (Å²) in [5, 5.41) is 9.43. The smallest absolute Gasteiger partial charge is 0.189 e. The molecule has 0 aliphatic carbocycles. The molecule has 1 aromatic carbocycles. The van der Waals surface area contributed by atoms with Crippen molar-refractivity contribution in [1.82, 2.24) is 0 Å². The zero-order valence-corrected chi connectivity index (χ0v) is 10.1. The van der Waals surface area contributed by atoms with Gasteiger partial charge in [-0.3, -0.25) is 0 Å². The third-order valence-corrected chi connectivity index (χ3v) is 3.12. The second-order valence-corrected chi connectivity index (χ2v) is 4.52. The fraction of sp³-hybridized carbons (Fsp3) is 0.455. The Bertz CT molecular complexity index is 363. The summed E-state index contributed by atoms with van der Waals surface area (Å²) in [4.78, 5) is 0. The van der Waals surface area contributed by atoms with E-state index in [0.29, 0.717) is 19.8 Å². The monoisotopic (exact) mass is 272 g/mol. The third kappa shape index (κ3) is 2.33. The zero-order valence-electron chi connectivity index (χ0n) is 8.50. The molecule has 0 amide bonds. The molecule has 4 heteroatoms. The van der Waals surface area contributed by atoms with Crippen molar-refractivity contribution >= 4 is 15.9 Å². The second kappa shape index (κ2) is 4.51. The number of benzene rings is 1. The first-order valence-corrected chi connectivity index (χ1v) is 5.66. The quantitative estimate of drug-likeness (QED) is 0.898. The Morgan fingerprint density at radius 1 is 1.53 bits per heavy atom. The fourth-order valence-corrected chi connectivity index (χ4v) is 2.23. The minimum atomic E-state index is -0.366. The molecule has 0 spiro atoms. The van der Waals surface area contributed by atoms with Crippen molar-refractivity contribution in [2.75, 3.05) is 6.79 Å². The van der Waals surface area contributed by atoms with Crippen molar-refractivity contribution in [2.45, 2.75) is 26.1 Å². The van der Waals surface area contributed by atoms with E-state index in [-0.39, 0.29) is 6.10 Å². The van der Waals surface area contributed by atoms with E-state index < -0.39 is 0 Å². The van der Waals surface area contributed by atoms with Crippen molar-refractivity contribution in [1.29, 1.82) is 0 Å². The number of hydrogen-bond acceptors (Lipinski definition) is 3. The van der Waals surface area contributed by atoms with Crippen LogP contribution in [0, 0.1) is 0 Å². The molecule has 0 saturated heterocycles. The summed E-state index contributed by atoms with van der Waals surface area (Å²) in [7, 11) is 0. The van der Waals surface area contributed by atoms with E-state index in [1.807, 2.05) is 12.1 Å². The van der Waals surface area contributed by atoms with Gasteiger partial charge >= 0.3 is 0 Å². The Morgan fingerprint density at radius 2 is 2.33 bits per heavy atom. The van der Waals surface area contributed by atoms with Gasteiger partial charge in [0.2, 0.25) is 0 Å². The predicted octanol–water partition coefficient (Wildman–Crippen LogP) is 2.24. The molecule has 1 heterocycles. The van der Waals surface area contributed by atoms with Crippen molar-refractivity contribution in [3.8, 4) is 5.75 Å².